The molecule has 0 aliphatic heterocycles. The highest BCUT2D eigenvalue weighted by molar-refractivity contribution is 5.56. The van der Waals surface area contributed by atoms with Crippen LogP contribution in [0.25, 0.3) is 0 Å². The average molecular weight is 313 g/mol. The van der Waals surface area contributed by atoms with E-state index >= 15 is 0 Å². The summed E-state index contributed by atoms with van der Waals surface area (Å²) < 4.78 is 0. The van der Waals surface area contributed by atoms with E-state index in [1.54, 1.807) is 24.3 Å². The van der Waals surface area contributed by atoms with Crippen LogP contribution in [-0.4, -0.2) is 11.5 Å². The van der Waals surface area contributed by atoms with Gasteiger partial charge in [0.2, 0.25) is 0 Å². The fourth-order valence-electron chi connectivity index (χ4n) is 1.46. The minimum atomic E-state index is -0.471. The average Bonchev–Trinajstić information content (AvgIpc) is 2.57. The molecule has 23 heavy (non-hydrogen) atoms. The van der Waals surface area contributed by atoms with Gasteiger partial charge in [-0.2, -0.15) is 5.11 Å². The zero-order chi connectivity index (χ0) is 17.7. The molecule has 2 N–H and O–H groups in total. The van der Waals surface area contributed by atoms with Gasteiger partial charge in [0.05, 0.1) is 10.6 Å². The molecular weight excluding hydrogens is 294 g/mol. The van der Waals surface area contributed by atoms with Crippen molar-refractivity contribution >= 4 is 11.4 Å². The summed E-state index contributed by atoms with van der Waals surface area (Å²) in [6, 6.07) is 6.25. The van der Waals surface area contributed by atoms with Crippen molar-refractivity contribution in [3.8, 4) is 6.57 Å². The molecule has 0 atom stereocenters. The first-order chi connectivity index (χ1) is 11.1. The minimum absolute atomic E-state index is 0.0500. The molecule has 0 amide bonds. The lowest BCUT2D eigenvalue weighted by atomic mass is 10.1. The summed E-state index contributed by atoms with van der Waals surface area (Å²) in [5.74, 6) is 0. The molecule has 1 aliphatic rings. The molecular formula is C16H19N5O2. The molecule has 1 aliphatic carbocycles. The number of nitriles is 1. The number of hydrogen-bond acceptors (Lipinski definition) is 6. The van der Waals surface area contributed by atoms with Gasteiger partial charge < -0.3 is 5.73 Å². The predicted molar refractivity (Wildman–Crippen MR) is 90.0 cm³/mol. The van der Waals surface area contributed by atoms with Crippen LogP contribution in [0.1, 0.15) is 13.3 Å². The van der Waals surface area contributed by atoms with Gasteiger partial charge in [-0.15, -0.1) is 5.11 Å². The van der Waals surface area contributed by atoms with Gasteiger partial charge in [0, 0.05) is 12.6 Å². The van der Waals surface area contributed by atoms with E-state index in [2.05, 4.69) is 23.4 Å². The van der Waals surface area contributed by atoms with E-state index in [4.69, 9.17) is 11.0 Å². The van der Waals surface area contributed by atoms with Gasteiger partial charge in [0.15, 0.2) is 5.69 Å². The van der Waals surface area contributed by atoms with Crippen molar-refractivity contribution in [1.29, 1.82) is 5.26 Å². The predicted octanol–water partition coefficient (Wildman–Crippen LogP) is 4.18. The Morgan fingerprint density at radius 3 is 2.48 bits per heavy atom. The highest BCUT2D eigenvalue weighted by Gasteiger charge is 2.11. The van der Waals surface area contributed by atoms with Gasteiger partial charge >= 0.3 is 0 Å². The highest BCUT2D eigenvalue weighted by Crippen LogP contribution is 2.27. The van der Waals surface area contributed by atoms with Crippen LogP contribution in [0.3, 0.4) is 0 Å². The van der Waals surface area contributed by atoms with Crippen molar-refractivity contribution in [3.63, 3.8) is 0 Å². The second-order valence-corrected chi connectivity index (χ2v) is 4.18. The highest BCUT2D eigenvalue weighted by atomic mass is 16.6. The number of nitro groups is 1. The lowest BCUT2D eigenvalue weighted by Gasteiger charge is -2.02. The summed E-state index contributed by atoms with van der Waals surface area (Å²) in [6.07, 6.45) is 6.24. The number of nitrogens with zero attached hydrogens (tertiary/aromatic N) is 4. The quantitative estimate of drug-likeness (QED) is 0.511. The van der Waals surface area contributed by atoms with E-state index in [9.17, 15) is 10.1 Å². The summed E-state index contributed by atoms with van der Waals surface area (Å²) in [7, 11) is 0. The zero-order valence-electron chi connectivity index (χ0n) is 12.9. The minimum Gasteiger partial charge on any atom is -0.331 e. The number of para-hydroxylation sites is 1. The van der Waals surface area contributed by atoms with Gasteiger partial charge in [-0.1, -0.05) is 43.4 Å². The number of hydrogen-bond donors (Lipinski definition) is 1. The maximum Gasteiger partial charge on any atom is 0.296 e. The maximum atomic E-state index is 10.8. The molecule has 2 rings (SSSR count). The Hall–Kier alpha value is -3.11. The zero-order valence-corrected chi connectivity index (χ0v) is 12.9. The third-order valence-corrected chi connectivity index (χ3v) is 2.41. The Morgan fingerprint density at radius 1 is 1.35 bits per heavy atom. The van der Waals surface area contributed by atoms with E-state index in [0.29, 0.717) is 5.70 Å². The molecule has 0 unspecified atom stereocenters. The van der Waals surface area contributed by atoms with E-state index in [1.807, 2.05) is 19.1 Å². The fourth-order valence-corrected chi connectivity index (χ4v) is 1.46. The smallest absolute Gasteiger partial charge is 0.296 e. The van der Waals surface area contributed by atoms with Gasteiger partial charge in [-0.25, -0.2) is 5.26 Å². The van der Waals surface area contributed by atoms with Crippen molar-refractivity contribution in [3.05, 3.63) is 70.5 Å². The third-order valence-electron chi connectivity index (χ3n) is 2.41. The summed E-state index contributed by atoms with van der Waals surface area (Å²) in [5, 5.41) is 25.2. The van der Waals surface area contributed by atoms with Crippen LogP contribution < -0.4 is 5.73 Å². The first-order valence-corrected chi connectivity index (χ1v) is 6.75. The summed E-state index contributed by atoms with van der Waals surface area (Å²) in [4.78, 5) is 10.3. The molecule has 0 saturated heterocycles. The molecule has 0 aromatic heterocycles. The number of rotatable bonds is 3. The Kier molecular flexibility index (Phi) is 9.98. The standard InChI is InChI=1S/C13H11N3O2.C2H7N.CHN/c1-10-6-8-11(9-7-10)14-15-12-4-2-3-5-13(12)16(17)18;1-2-3;1-2/h2-6,8-9H,1,7H2;2-3H2,1H3;1H. The molecule has 120 valence electrons. The Bertz CT molecular complexity index is 645. The summed E-state index contributed by atoms with van der Waals surface area (Å²) >= 11 is 0. The molecule has 0 fully saturated rings. The number of allylic oxidation sites excluding steroid dienone is 4. The first-order valence-electron chi connectivity index (χ1n) is 6.75. The van der Waals surface area contributed by atoms with E-state index in [1.165, 1.54) is 6.07 Å². The van der Waals surface area contributed by atoms with E-state index in [0.717, 1.165) is 18.5 Å². The molecule has 7 nitrogen and oxygen atoms in total. The molecule has 0 radical (unpaired) electrons. The Morgan fingerprint density at radius 2 is 1.96 bits per heavy atom. The second kappa shape index (κ2) is 11.5. The van der Waals surface area contributed by atoms with Gasteiger partial charge in [0.25, 0.3) is 5.69 Å². The van der Waals surface area contributed by atoms with Crippen molar-refractivity contribution in [2.24, 2.45) is 16.0 Å². The maximum absolute atomic E-state index is 10.8. The van der Waals surface area contributed by atoms with Gasteiger partial charge in [-0.3, -0.25) is 10.1 Å². The number of nitrogens with two attached hydrogens (primary N) is 1. The van der Waals surface area contributed by atoms with Crippen LogP contribution in [0.5, 0.6) is 0 Å². The molecule has 1 aromatic rings. The molecule has 1 aromatic carbocycles. The summed E-state index contributed by atoms with van der Waals surface area (Å²) in [6.45, 7) is 9.96. The van der Waals surface area contributed by atoms with E-state index < -0.39 is 4.92 Å². The fraction of sp³-hybridized carbons (Fsp3) is 0.188. The number of azo groups is 1. The molecule has 0 saturated carbocycles. The van der Waals surface area contributed by atoms with Crippen molar-refractivity contribution in [1.82, 2.24) is 0 Å². The molecule has 7 heteroatoms. The Labute approximate surface area is 135 Å². The van der Waals surface area contributed by atoms with Crippen molar-refractivity contribution < 1.29 is 4.92 Å². The lowest BCUT2D eigenvalue weighted by Crippen LogP contribution is -1.87. The van der Waals surface area contributed by atoms with Crippen molar-refractivity contribution in [2.45, 2.75) is 13.3 Å². The van der Waals surface area contributed by atoms with Crippen LogP contribution in [0.15, 0.2) is 70.6 Å². The van der Waals surface area contributed by atoms with Crippen LogP contribution in [0.4, 0.5) is 11.4 Å². The van der Waals surface area contributed by atoms with Gasteiger partial charge in [-0.05, 0) is 25.1 Å². The van der Waals surface area contributed by atoms with Crippen LogP contribution in [0.2, 0.25) is 0 Å². The Balaban J connectivity index is 0.000000868. The third kappa shape index (κ3) is 7.45. The normalized spacial score (nSPS) is 12.5. The largest absolute Gasteiger partial charge is 0.331 e. The van der Waals surface area contributed by atoms with Crippen LogP contribution >= 0.6 is 0 Å². The number of benzene rings is 1. The molecule has 0 heterocycles. The monoisotopic (exact) mass is 313 g/mol. The van der Waals surface area contributed by atoms with Crippen LogP contribution in [-0.2, 0) is 0 Å². The number of nitro benzene ring substituents is 1. The molecule has 0 spiro atoms. The SMILES string of the molecule is C#N.C=C1C=CC(N=Nc2ccccc2[N+](=O)[O-])=CC1.CCN. The van der Waals surface area contributed by atoms with Gasteiger partial charge in [0.1, 0.15) is 0 Å². The van der Waals surface area contributed by atoms with Crippen LogP contribution in [0, 0.1) is 21.9 Å². The molecule has 0 bridgehead atoms. The van der Waals surface area contributed by atoms with Crippen molar-refractivity contribution in [2.75, 3.05) is 6.54 Å². The first kappa shape index (κ1) is 19.9. The second-order valence-electron chi connectivity index (χ2n) is 4.18. The lowest BCUT2D eigenvalue weighted by molar-refractivity contribution is -0.384. The van der Waals surface area contributed by atoms with E-state index in [-0.39, 0.29) is 11.4 Å². The topological polar surface area (TPSA) is 118 Å². The summed E-state index contributed by atoms with van der Waals surface area (Å²) in [5.41, 5.74) is 6.73.